The molecule has 5 heteroatoms. The summed E-state index contributed by atoms with van der Waals surface area (Å²) in [6.45, 7) is 9.56. The zero-order chi connectivity index (χ0) is 17.4. The molecular weight excluding hydrogens is 302 g/mol. The van der Waals surface area contributed by atoms with Crippen molar-refractivity contribution in [3.8, 4) is 11.4 Å². The van der Waals surface area contributed by atoms with E-state index in [9.17, 15) is 4.79 Å². The third-order valence-corrected chi connectivity index (χ3v) is 4.32. The summed E-state index contributed by atoms with van der Waals surface area (Å²) in [7, 11) is 0. The minimum atomic E-state index is 0.567. The maximum Gasteiger partial charge on any atom is 0.153 e. The fourth-order valence-electron chi connectivity index (χ4n) is 2.64. The van der Waals surface area contributed by atoms with E-state index in [1.165, 1.54) is 6.42 Å². The monoisotopic (exact) mass is 329 g/mol. The van der Waals surface area contributed by atoms with Crippen molar-refractivity contribution in [2.45, 2.75) is 39.7 Å². The lowest BCUT2D eigenvalue weighted by Crippen LogP contribution is -2.33. The Morgan fingerprint density at radius 2 is 2.04 bits per heavy atom. The van der Waals surface area contributed by atoms with Gasteiger partial charge in [-0.2, -0.15) is 5.10 Å². The van der Waals surface area contributed by atoms with Crippen LogP contribution < -0.4 is 4.74 Å². The summed E-state index contributed by atoms with van der Waals surface area (Å²) in [5.41, 5.74) is 1.47. The number of carbonyl (C=O) groups is 1. The van der Waals surface area contributed by atoms with Crippen molar-refractivity contribution in [3.05, 3.63) is 42.2 Å². The molecule has 24 heavy (non-hydrogen) atoms. The Kier molecular flexibility index (Phi) is 7.00. The first kappa shape index (κ1) is 18.2. The zero-order valence-corrected chi connectivity index (χ0v) is 14.8. The molecule has 5 nitrogen and oxygen atoms in total. The Hall–Kier alpha value is -2.14. The molecule has 0 saturated heterocycles. The van der Waals surface area contributed by atoms with Crippen molar-refractivity contribution in [1.29, 1.82) is 0 Å². The summed E-state index contributed by atoms with van der Waals surface area (Å²) in [5.74, 6) is 0.855. The molecular formula is C19H27N3O2. The Bertz CT molecular complexity index is 622. The quantitative estimate of drug-likeness (QED) is 0.494. The zero-order valence-electron chi connectivity index (χ0n) is 14.8. The van der Waals surface area contributed by atoms with Crippen LogP contribution in [0.2, 0.25) is 0 Å². The average Bonchev–Trinajstić information content (AvgIpc) is 3.11. The minimum Gasteiger partial charge on any atom is -0.494 e. The predicted octanol–water partition coefficient (Wildman–Crippen LogP) is 3.57. The van der Waals surface area contributed by atoms with Gasteiger partial charge in [0, 0.05) is 18.8 Å². The second-order valence-electron chi connectivity index (χ2n) is 5.92. The molecule has 1 unspecified atom stereocenters. The number of ether oxygens (including phenoxy) is 1. The molecule has 0 fully saturated rings. The number of hydrogen-bond acceptors (Lipinski definition) is 4. The van der Waals surface area contributed by atoms with Gasteiger partial charge in [0.05, 0.1) is 24.1 Å². The summed E-state index contributed by atoms with van der Waals surface area (Å²) in [5, 5.41) is 4.15. The molecule has 0 amide bonds. The molecule has 2 aromatic rings. The van der Waals surface area contributed by atoms with E-state index >= 15 is 0 Å². The maximum absolute atomic E-state index is 10.7. The van der Waals surface area contributed by atoms with Gasteiger partial charge in [-0.15, -0.1) is 0 Å². The molecule has 1 aromatic carbocycles. The number of hydrogen-bond donors (Lipinski definition) is 0. The third-order valence-electron chi connectivity index (χ3n) is 4.32. The van der Waals surface area contributed by atoms with Crippen LogP contribution in [0.1, 0.15) is 44.0 Å². The summed E-state index contributed by atoms with van der Waals surface area (Å²) in [4.78, 5) is 13.2. The molecule has 1 heterocycles. The standard InChI is InChI=1S/C19H27N3O2/c1-4-16(3)21(5-2)11-6-12-24-19-9-7-18(8-10-19)22-14-17(15-23)13-20-22/h7-10,13-16H,4-6,11-12H2,1-3H3. The Labute approximate surface area is 144 Å². The lowest BCUT2D eigenvalue weighted by atomic mass is 10.2. The number of aromatic nitrogens is 2. The van der Waals surface area contributed by atoms with Gasteiger partial charge in [0.2, 0.25) is 0 Å². The Morgan fingerprint density at radius 3 is 2.62 bits per heavy atom. The fraction of sp³-hybridized carbons (Fsp3) is 0.474. The van der Waals surface area contributed by atoms with Gasteiger partial charge < -0.3 is 9.64 Å². The van der Waals surface area contributed by atoms with Crippen LogP contribution in [-0.4, -0.2) is 46.7 Å². The first-order valence-electron chi connectivity index (χ1n) is 8.65. The first-order chi connectivity index (χ1) is 11.7. The van der Waals surface area contributed by atoms with Crippen LogP contribution in [0, 0.1) is 0 Å². The molecule has 1 aromatic heterocycles. The minimum absolute atomic E-state index is 0.567. The van der Waals surface area contributed by atoms with E-state index in [-0.39, 0.29) is 0 Å². The summed E-state index contributed by atoms with van der Waals surface area (Å²) < 4.78 is 7.50. The van der Waals surface area contributed by atoms with Crippen LogP contribution in [0.5, 0.6) is 5.75 Å². The summed E-state index contributed by atoms with van der Waals surface area (Å²) in [6.07, 6.45) is 6.24. The van der Waals surface area contributed by atoms with Gasteiger partial charge >= 0.3 is 0 Å². The molecule has 0 radical (unpaired) electrons. The Morgan fingerprint density at radius 1 is 1.29 bits per heavy atom. The van der Waals surface area contributed by atoms with Gasteiger partial charge in [0.1, 0.15) is 5.75 Å². The smallest absolute Gasteiger partial charge is 0.153 e. The van der Waals surface area contributed by atoms with Gasteiger partial charge in [-0.1, -0.05) is 13.8 Å². The highest BCUT2D eigenvalue weighted by molar-refractivity contribution is 5.73. The van der Waals surface area contributed by atoms with Gasteiger partial charge in [-0.05, 0) is 50.6 Å². The highest BCUT2D eigenvalue weighted by Gasteiger charge is 2.09. The van der Waals surface area contributed by atoms with Gasteiger partial charge in [-0.3, -0.25) is 4.79 Å². The molecule has 0 aliphatic rings. The average molecular weight is 329 g/mol. The van der Waals surface area contributed by atoms with Crippen molar-refractivity contribution in [2.75, 3.05) is 19.7 Å². The van der Waals surface area contributed by atoms with Crippen LogP contribution in [0.3, 0.4) is 0 Å². The summed E-state index contributed by atoms with van der Waals surface area (Å²) >= 11 is 0. The highest BCUT2D eigenvalue weighted by atomic mass is 16.5. The van der Waals surface area contributed by atoms with Crippen LogP contribution in [0.25, 0.3) is 5.69 Å². The highest BCUT2D eigenvalue weighted by Crippen LogP contribution is 2.15. The maximum atomic E-state index is 10.7. The normalized spacial score (nSPS) is 12.3. The summed E-state index contributed by atoms with van der Waals surface area (Å²) in [6, 6.07) is 8.37. The van der Waals surface area contributed by atoms with Crippen molar-refractivity contribution >= 4 is 6.29 Å². The molecule has 0 aliphatic heterocycles. The van der Waals surface area contributed by atoms with Crippen molar-refractivity contribution in [1.82, 2.24) is 14.7 Å². The van der Waals surface area contributed by atoms with Crippen molar-refractivity contribution in [3.63, 3.8) is 0 Å². The van der Waals surface area contributed by atoms with E-state index in [0.717, 1.165) is 37.2 Å². The number of carbonyl (C=O) groups excluding carboxylic acids is 1. The van der Waals surface area contributed by atoms with E-state index in [4.69, 9.17) is 4.74 Å². The molecule has 1 atom stereocenters. The van der Waals surface area contributed by atoms with E-state index in [2.05, 4.69) is 30.8 Å². The molecule has 0 bridgehead atoms. The largest absolute Gasteiger partial charge is 0.494 e. The lowest BCUT2D eigenvalue weighted by Gasteiger charge is -2.26. The van der Waals surface area contributed by atoms with Gasteiger partial charge in [-0.25, -0.2) is 4.68 Å². The molecule has 0 N–H and O–H groups in total. The van der Waals surface area contributed by atoms with E-state index in [1.807, 2.05) is 24.3 Å². The topological polar surface area (TPSA) is 47.4 Å². The van der Waals surface area contributed by atoms with Crippen LogP contribution in [0.15, 0.2) is 36.7 Å². The number of aldehydes is 1. The van der Waals surface area contributed by atoms with Crippen molar-refractivity contribution in [2.24, 2.45) is 0 Å². The van der Waals surface area contributed by atoms with Crippen LogP contribution >= 0.6 is 0 Å². The molecule has 0 aliphatic carbocycles. The number of rotatable bonds is 10. The van der Waals surface area contributed by atoms with Crippen LogP contribution in [-0.2, 0) is 0 Å². The predicted molar refractivity (Wildman–Crippen MR) is 96.1 cm³/mol. The van der Waals surface area contributed by atoms with Gasteiger partial charge in [0.15, 0.2) is 6.29 Å². The molecule has 0 saturated carbocycles. The van der Waals surface area contributed by atoms with Crippen molar-refractivity contribution < 1.29 is 9.53 Å². The molecule has 0 spiro atoms. The van der Waals surface area contributed by atoms with E-state index in [0.29, 0.717) is 18.2 Å². The van der Waals surface area contributed by atoms with E-state index in [1.54, 1.807) is 17.1 Å². The number of benzene rings is 1. The Balaban J connectivity index is 1.80. The second-order valence-corrected chi connectivity index (χ2v) is 5.92. The van der Waals surface area contributed by atoms with E-state index < -0.39 is 0 Å². The first-order valence-corrected chi connectivity index (χ1v) is 8.65. The van der Waals surface area contributed by atoms with Crippen LogP contribution in [0.4, 0.5) is 0 Å². The van der Waals surface area contributed by atoms with Gasteiger partial charge in [0.25, 0.3) is 0 Å². The molecule has 2 rings (SSSR count). The SMILES string of the molecule is CCC(C)N(CC)CCCOc1ccc(-n2cc(C=O)cn2)cc1. The third kappa shape index (κ3) is 4.93. The number of nitrogens with zero attached hydrogens (tertiary/aromatic N) is 3. The lowest BCUT2D eigenvalue weighted by molar-refractivity contribution is 0.112. The molecule has 130 valence electrons. The fourth-order valence-corrected chi connectivity index (χ4v) is 2.64. The second kappa shape index (κ2) is 9.23.